The first-order valence-corrected chi connectivity index (χ1v) is 8.88. The number of benzene rings is 1. The summed E-state index contributed by atoms with van der Waals surface area (Å²) < 4.78 is 34.1. The van der Waals surface area contributed by atoms with Crippen molar-refractivity contribution < 1.29 is 17.9 Å². The minimum absolute atomic E-state index is 0.0345. The lowest BCUT2D eigenvalue weighted by Gasteiger charge is -2.13. The normalized spacial score (nSPS) is 11.9. The molecular weight excluding hydrogens is 379 g/mol. The Labute approximate surface area is 130 Å². The third-order valence-electron chi connectivity index (χ3n) is 2.02. The van der Waals surface area contributed by atoms with Crippen LogP contribution in [0.15, 0.2) is 21.5 Å². The second-order valence-corrected chi connectivity index (χ2v) is 7.78. The molecule has 1 aromatic carbocycles. The summed E-state index contributed by atoms with van der Waals surface area (Å²) in [5, 5.41) is 0.165. The van der Waals surface area contributed by atoms with Gasteiger partial charge in [0.25, 0.3) is 9.05 Å². The summed E-state index contributed by atoms with van der Waals surface area (Å²) in [6.45, 7) is 4.29. The molecule has 108 valence electrons. The molecule has 8 heteroatoms. The molecular formula is C11H13BrCl2O4S. The van der Waals surface area contributed by atoms with Gasteiger partial charge in [0, 0.05) is 15.2 Å². The Morgan fingerprint density at radius 2 is 1.95 bits per heavy atom. The first-order valence-electron chi connectivity index (χ1n) is 5.40. The van der Waals surface area contributed by atoms with Gasteiger partial charge in [0.2, 0.25) is 0 Å². The molecule has 0 saturated carbocycles. The van der Waals surface area contributed by atoms with Gasteiger partial charge in [0.15, 0.2) is 5.75 Å². The summed E-state index contributed by atoms with van der Waals surface area (Å²) in [4.78, 5) is -0.168. The fraction of sp³-hybridized carbons (Fsp3) is 0.455. The van der Waals surface area contributed by atoms with E-state index in [9.17, 15) is 8.42 Å². The number of hydrogen-bond donors (Lipinski definition) is 0. The fourth-order valence-electron chi connectivity index (χ4n) is 1.29. The standard InChI is InChI=1S/C11H13BrCl2O4S/c1-7(2)17-3-4-18-11-9(13)5-8(12)6-10(11)19(14,15)16/h5-7H,3-4H2,1-2H3. The molecule has 1 rings (SSSR count). The number of hydrogen-bond acceptors (Lipinski definition) is 4. The van der Waals surface area contributed by atoms with Crippen LogP contribution in [0.1, 0.15) is 13.8 Å². The maximum absolute atomic E-state index is 11.5. The van der Waals surface area contributed by atoms with Crippen molar-refractivity contribution in [2.75, 3.05) is 13.2 Å². The van der Waals surface area contributed by atoms with Gasteiger partial charge in [-0.05, 0) is 26.0 Å². The van der Waals surface area contributed by atoms with Crippen LogP contribution in [0.5, 0.6) is 5.75 Å². The van der Waals surface area contributed by atoms with E-state index in [1.807, 2.05) is 13.8 Å². The maximum Gasteiger partial charge on any atom is 0.265 e. The highest BCUT2D eigenvalue weighted by Crippen LogP contribution is 2.37. The van der Waals surface area contributed by atoms with Crippen LogP contribution in [0.4, 0.5) is 0 Å². The molecule has 19 heavy (non-hydrogen) atoms. The quantitative estimate of drug-likeness (QED) is 0.546. The number of rotatable bonds is 6. The molecule has 0 amide bonds. The van der Waals surface area contributed by atoms with Crippen LogP contribution < -0.4 is 4.74 Å². The molecule has 0 radical (unpaired) electrons. The van der Waals surface area contributed by atoms with Crippen LogP contribution in [0.3, 0.4) is 0 Å². The fourth-order valence-corrected chi connectivity index (χ4v) is 3.36. The summed E-state index contributed by atoms with van der Waals surface area (Å²) in [5.74, 6) is 0.0345. The lowest BCUT2D eigenvalue weighted by Crippen LogP contribution is -2.12. The van der Waals surface area contributed by atoms with Crippen molar-refractivity contribution in [3.8, 4) is 5.75 Å². The molecule has 0 heterocycles. The third-order valence-corrected chi connectivity index (χ3v) is 4.08. The Kier molecular flexibility index (Phi) is 6.39. The van der Waals surface area contributed by atoms with Crippen molar-refractivity contribution in [3.05, 3.63) is 21.6 Å². The van der Waals surface area contributed by atoms with Gasteiger partial charge in [0.1, 0.15) is 11.5 Å². The Hall–Kier alpha value is -0.0100. The predicted molar refractivity (Wildman–Crippen MR) is 78.8 cm³/mol. The van der Waals surface area contributed by atoms with E-state index >= 15 is 0 Å². The molecule has 0 aliphatic carbocycles. The lowest BCUT2D eigenvalue weighted by molar-refractivity contribution is 0.0546. The summed E-state index contributed by atoms with van der Waals surface area (Å²) in [5.41, 5.74) is 0. The smallest absolute Gasteiger partial charge is 0.265 e. The highest BCUT2D eigenvalue weighted by Gasteiger charge is 2.21. The number of halogens is 3. The summed E-state index contributed by atoms with van der Waals surface area (Å²) in [6.07, 6.45) is 0.0696. The Morgan fingerprint density at radius 3 is 2.47 bits per heavy atom. The molecule has 0 unspecified atom stereocenters. The second-order valence-electron chi connectivity index (χ2n) is 3.92. The Balaban J connectivity index is 2.93. The van der Waals surface area contributed by atoms with Crippen LogP contribution >= 0.6 is 38.2 Å². The topological polar surface area (TPSA) is 52.6 Å². The van der Waals surface area contributed by atoms with Crippen molar-refractivity contribution in [2.24, 2.45) is 0 Å². The maximum atomic E-state index is 11.5. The molecule has 0 bridgehead atoms. The first-order chi connectivity index (χ1) is 8.71. The van der Waals surface area contributed by atoms with Crippen molar-refractivity contribution in [1.82, 2.24) is 0 Å². The van der Waals surface area contributed by atoms with Crippen molar-refractivity contribution in [1.29, 1.82) is 0 Å². The molecule has 0 fully saturated rings. The van der Waals surface area contributed by atoms with E-state index in [4.69, 9.17) is 31.8 Å². The minimum Gasteiger partial charge on any atom is -0.488 e. The zero-order valence-corrected chi connectivity index (χ0v) is 14.2. The third kappa shape index (κ3) is 5.47. The molecule has 0 spiro atoms. The van der Waals surface area contributed by atoms with Gasteiger partial charge >= 0.3 is 0 Å². The molecule has 0 atom stereocenters. The predicted octanol–water partition coefficient (Wildman–Crippen LogP) is 3.83. The van der Waals surface area contributed by atoms with Crippen LogP contribution in [0, 0.1) is 0 Å². The van der Waals surface area contributed by atoms with Gasteiger partial charge in [-0.2, -0.15) is 0 Å². The molecule has 1 aromatic rings. The van der Waals surface area contributed by atoms with E-state index in [2.05, 4.69) is 15.9 Å². The summed E-state index contributed by atoms with van der Waals surface area (Å²) in [7, 11) is 1.41. The average Bonchev–Trinajstić information content (AvgIpc) is 2.24. The molecule has 0 aromatic heterocycles. The molecule has 4 nitrogen and oxygen atoms in total. The van der Waals surface area contributed by atoms with Crippen molar-refractivity contribution in [2.45, 2.75) is 24.8 Å². The van der Waals surface area contributed by atoms with E-state index in [1.54, 1.807) is 0 Å². The monoisotopic (exact) mass is 390 g/mol. The van der Waals surface area contributed by atoms with E-state index in [-0.39, 0.29) is 28.4 Å². The lowest BCUT2D eigenvalue weighted by atomic mass is 10.3. The Morgan fingerprint density at radius 1 is 1.32 bits per heavy atom. The van der Waals surface area contributed by atoms with Gasteiger partial charge in [-0.15, -0.1) is 0 Å². The summed E-state index contributed by atoms with van der Waals surface area (Å²) >= 11 is 9.12. The van der Waals surface area contributed by atoms with E-state index in [0.29, 0.717) is 11.1 Å². The highest BCUT2D eigenvalue weighted by molar-refractivity contribution is 9.10. The van der Waals surface area contributed by atoms with E-state index in [1.165, 1.54) is 12.1 Å². The average molecular weight is 392 g/mol. The second kappa shape index (κ2) is 7.13. The van der Waals surface area contributed by atoms with Gasteiger partial charge in [-0.3, -0.25) is 0 Å². The first kappa shape index (κ1) is 17.0. The van der Waals surface area contributed by atoms with Gasteiger partial charge < -0.3 is 9.47 Å². The minimum atomic E-state index is -3.94. The van der Waals surface area contributed by atoms with Gasteiger partial charge in [-0.25, -0.2) is 8.42 Å². The van der Waals surface area contributed by atoms with Crippen LogP contribution in [0.2, 0.25) is 5.02 Å². The molecule has 0 aliphatic rings. The van der Waals surface area contributed by atoms with Gasteiger partial charge in [-0.1, -0.05) is 27.5 Å². The van der Waals surface area contributed by atoms with Crippen LogP contribution in [0.25, 0.3) is 0 Å². The Bertz CT molecular complexity index is 546. The van der Waals surface area contributed by atoms with Crippen LogP contribution in [-0.4, -0.2) is 27.7 Å². The molecule has 0 aliphatic heterocycles. The van der Waals surface area contributed by atoms with Crippen LogP contribution in [-0.2, 0) is 13.8 Å². The van der Waals surface area contributed by atoms with E-state index < -0.39 is 9.05 Å². The zero-order chi connectivity index (χ0) is 14.6. The largest absolute Gasteiger partial charge is 0.488 e. The molecule has 0 saturated heterocycles. The van der Waals surface area contributed by atoms with Crippen molar-refractivity contribution >= 4 is 47.3 Å². The van der Waals surface area contributed by atoms with E-state index in [0.717, 1.165) is 0 Å². The SMILES string of the molecule is CC(C)OCCOc1c(Cl)cc(Br)cc1S(=O)(=O)Cl. The zero-order valence-electron chi connectivity index (χ0n) is 10.3. The molecule has 0 N–H and O–H groups in total. The number of ether oxygens (including phenoxy) is 2. The van der Waals surface area contributed by atoms with Gasteiger partial charge in [0.05, 0.1) is 17.7 Å². The highest BCUT2D eigenvalue weighted by atomic mass is 79.9. The van der Waals surface area contributed by atoms with Crippen molar-refractivity contribution in [3.63, 3.8) is 0 Å². The summed E-state index contributed by atoms with van der Waals surface area (Å²) in [6, 6.07) is 2.87.